The maximum Gasteiger partial charge on any atom is 0.338 e. The van der Waals surface area contributed by atoms with Crippen molar-refractivity contribution in [2.24, 2.45) is 0 Å². The van der Waals surface area contributed by atoms with Gasteiger partial charge in [-0.25, -0.2) is 13.2 Å². The number of carbonyl (C=O) groups excluding carboxylic acids is 2. The normalized spacial score (nSPS) is 19.6. The SMILES string of the molecule is Cc1ccc(C(=O)O[C@@H](C)C(=O)N2CCCCC2)cc1S(=O)(=O)N1CCOCC1. The zero-order valence-corrected chi connectivity index (χ0v) is 17.7. The average molecular weight is 425 g/mol. The van der Waals surface area contributed by atoms with Crippen LogP contribution in [0.1, 0.15) is 42.1 Å². The topological polar surface area (TPSA) is 93.2 Å². The third kappa shape index (κ3) is 4.96. The molecular formula is C20H28N2O6S. The molecule has 1 amide bonds. The third-order valence-corrected chi connectivity index (χ3v) is 7.35. The van der Waals surface area contributed by atoms with Crippen molar-refractivity contribution in [3.63, 3.8) is 0 Å². The van der Waals surface area contributed by atoms with Crippen molar-refractivity contribution >= 4 is 21.9 Å². The van der Waals surface area contributed by atoms with Gasteiger partial charge < -0.3 is 14.4 Å². The second-order valence-electron chi connectivity index (χ2n) is 7.43. The van der Waals surface area contributed by atoms with Crippen LogP contribution >= 0.6 is 0 Å². The molecule has 0 aromatic heterocycles. The van der Waals surface area contributed by atoms with Crippen LogP contribution < -0.4 is 0 Å². The summed E-state index contributed by atoms with van der Waals surface area (Å²) in [7, 11) is -3.74. The Labute approximate surface area is 171 Å². The second kappa shape index (κ2) is 9.23. The Morgan fingerprint density at radius 2 is 1.72 bits per heavy atom. The molecule has 2 aliphatic rings. The lowest BCUT2D eigenvalue weighted by molar-refractivity contribution is -0.140. The second-order valence-corrected chi connectivity index (χ2v) is 9.34. The Morgan fingerprint density at radius 1 is 1.07 bits per heavy atom. The van der Waals surface area contributed by atoms with Gasteiger partial charge in [0, 0.05) is 26.2 Å². The Bertz CT molecular complexity index is 858. The van der Waals surface area contributed by atoms with Gasteiger partial charge in [0.15, 0.2) is 6.10 Å². The van der Waals surface area contributed by atoms with E-state index in [4.69, 9.17) is 9.47 Å². The van der Waals surface area contributed by atoms with Crippen molar-refractivity contribution in [2.45, 2.75) is 44.1 Å². The number of benzene rings is 1. The highest BCUT2D eigenvalue weighted by Crippen LogP contribution is 2.23. The van der Waals surface area contributed by atoms with Crippen LogP contribution in [0.4, 0.5) is 0 Å². The maximum absolute atomic E-state index is 13.0. The number of sulfonamides is 1. The van der Waals surface area contributed by atoms with Crippen LogP contribution in [0.2, 0.25) is 0 Å². The highest BCUT2D eigenvalue weighted by Gasteiger charge is 2.30. The highest BCUT2D eigenvalue weighted by atomic mass is 32.2. The number of nitrogens with zero attached hydrogens (tertiary/aromatic N) is 2. The minimum atomic E-state index is -3.74. The van der Waals surface area contributed by atoms with Crippen LogP contribution in [0.3, 0.4) is 0 Å². The smallest absolute Gasteiger partial charge is 0.338 e. The first-order chi connectivity index (χ1) is 13.8. The van der Waals surface area contributed by atoms with E-state index in [1.54, 1.807) is 24.8 Å². The van der Waals surface area contributed by atoms with Crippen LogP contribution in [-0.4, -0.2) is 75.0 Å². The number of hydrogen-bond acceptors (Lipinski definition) is 6. The van der Waals surface area contributed by atoms with E-state index in [0.717, 1.165) is 19.3 Å². The number of ether oxygens (including phenoxy) is 2. The van der Waals surface area contributed by atoms with Crippen LogP contribution in [0, 0.1) is 6.92 Å². The fraction of sp³-hybridized carbons (Fsp3) is 0.600. The molecule has 0 bridgehead atoms. The molecule has 0 N–H and O–H groups in total. The minimum absolute atomic E-state index is 0.0730. The van der Waals surface area contributed by atoms with E-state index in [9.17, 15) is 18.0 Å². The predicted octanol–water partition coefficient (Wildman–Crippen LogP) is 1.57. The number of aryl methyl sites for hydroxylation is 1. The number of amides is 1. The lowest BCUT2D eigenvalue weighted by atomic mass is 10.1. The van der Waals surface area contributed by atoms with Gasteiger partial charge in [-0.05, 0) is 50.8 Å². The van der Waals surface area contributed by atoms with E-state index in [-0.39, 0.29) is 29.5 Å². The summed E-state index contributed by atoms with van der Waals surface area (Å²) in [6, 6.07) is 4.44. The van der Waals surface area contributed by atoms with Gasteiger partial charge in [-0.15, -0.1) is 0 Å². The first kappa shape index (κ1) is 21.7. The maximum atomic E-state index is 13.0. The van der Waals surface area contributed by atoms with Crippen molar-refractivity contribution < 1.29 is 27.5 Å². The predicted molar refractivity (Wildman–Crippen MR) is 106 cm³/mol. The Hall–Kier alpha value is -1.97. The molecular weight excluding hydrogens is 396 g/mol. The number of carbonyl (C=O) groups is 2. The van der Waals surface area contributed by atoms with E-state index in [1.165, 1.54) is 16.4 Å². The summed E-state index contributed by atoms with van der Waals surface area (Å²) in [5, 5.41) is 0. The summed E-state index contributed by atoms with van der Waals surface area (Å²) in [5.41, 5.74) is 0.659. The molecule has 9 heteroatoms. The molecule has 0 spiro atoms. The molecule has 0 radical (unpaired) electrons. The molecule has 8 nitrogen and oxygen atoms in total. The molecule has 3 rings (SSSR count). The summed E-state index contributed by atoms with van der Waals surface area (Å²) < 4.78 is 37.9. The number of esters is 1. The zero-order valence-electron chi connectivity index (χ0n) is 16.9. The largest absolute Gasteiger partial charge is 0.449 e. The molecule has 160 valence electrons. The molecule has 2 fully saturated rings. The van der Waals surface area contributed by atoms with E-state index < -0.39 is 22.1 Å². The zero-order chi connectivity index (χ0) is 21.0. The van der Waals surface area contributed by atoms with Crippen LogP contribution in [0.5, 0.6) is 0 Å². The number of morpholine rings is 1. The lowest BCUT2D eigenvalue weighted by Crippen LogP contribution is -2.42. The van der Waals surface area contributed by atoms with E-state index >= 15 is 0 Å². The summed E-state index contributed by atoms with van der Waals surface area (Å²) in [4.78, 5) is 26.9. The van der Waals surface area contributed by atoms with Gasteiger partial charge in [0.25, 0.3) is 5.91 Å². The highest BCUT2D eigenvalue weighted by molar-refractivity contribution is 7.89. The fourth-order valence-corrected chi connectivity index (χ4v) is 5.24. The Kier molecular flexibility index (Phi) is 6.92. The van der Waals surface area contributed by atoms with Gasteiger partial charge in [0.2, 0.25) is 10.0 Å². The van der Waals surface area contributed by atoms with Gasteiger partial charge in [-0.3, -0.25) is 4.79 Å². The summed E-state index contributed by atoms with van der Waals surface area (Å²) in [5.74, 6) is -0.924. The molecule has 2 saturated heterocycles. The number of piperidine rings is 1. The van der Waals surface area contributed by atoms with E-state index in [2.05, 4.69) is 0 Å². The van der Waals surface area contributed by atoms with Gasteiger partial charge in [0.1, 0.15) is 0 Å². The molecule has 0 aliphatic carbocycles. The van der Waals surface area contributed by atoms with Gasteiger partial charge in [-0.1, -0.05) is 6.07 Å². The molecule has 1 atom stereocenters. The van der Waals surface area contributed by atoms with Crippen LogP contribution in [-0.2, 0) is 24.3 Å². The summed E-state index contributed by atoms with van der Waals surface area (Å²) >= 11 is 0. The Morgan fingerprint density at radius 3 is 2.38 bits per heavy atom. The first-order valence-corrected chi connectivity index (χ1v) is 11.4. The first-order valence-electron chi connectivity index (χ1n) is 9.99. The lowest BCUT2D eigenvalue weighted by Gasteiger charge is -2.29. The van der Waals surface area contributed by atoms with Crippen molar-refractivity contribution in [1.29, 1.82) is 0 Å². The van der Waals surface area contributed by atoms with Gasteiger partial charge >= 0.3 is 5.97 Å². The molecule has 2 aliphatic heterocycles. The van der Waals surface area contributed by atoms with Gasteiger partial charge in [-0.2, -0.15) is 4.31 Å². The Balaban J connectivity index is 1.74. The minimum Gasteiger partial charge on any atom is -0.449 e. The third-order valence-electron chi connectivity index (χ3n) is 5.31. The van der Waals surface area contributed by atoms with Crippen molar-refractivity contribution in [1.82, 2.24) is 9.21 Å². The van der Waals surface area contributed by atoms with Crippen molar-refractivity contribution in [2.75, 3.05) is 39.4 Å². The van der Waals surface area contributed by atoms with Crippen molar-refractivity contribution in [3.8, 4) is 0 Å². The fourth-order valence-electron chi connectivity index (χ4n) is 3.58. The van der Waals surface area contributed by atoms with Crippen LogP contribution in [0.15, 0.2) is 23.1 Å². The van der Waals surface area contributed by atoms with Crippen molar-refractivity contribution in [3.05, 3.63) is 29.3 Å². The molecule has 1 aromatic rings. The summed E-state index contributed by atoms with van der Waals surface area (Å²) in [6.07, 6.45) is 2.09. The van der Waals surface area contributed by atoms with Gasteiger partial charge in [0.05, 0.1) is 23.7 Å². The monoisotopic (exact) mass is 424 g/mol. The summed E-state index contributed by atoms with van der Waals surface area (Å²) in [6.45, 7) is 5.82. The van der Waals surface area contributed by atoms with E-state index in [0.29, 0.717) is 31.9 Å². The average Bonchev–Trinajstić information content (AvgIpc) is 2.74. The van der Waals surface area contributed by atoms with E-state index in [1.807, 2.05) is 0 Å². The molecule has 29 heavy (non-hydrogen) atoms. The molecule has 0 saturated carbocycles. The number of rotatable bonds is 5. The molecule has 1 aromatic carbocycles. The quantitative estimate of drug-likeness (QED) is 0.666. The van der Waals surface area contributed by atoms with Crippen LogP contribution in [0.25, 0.3) is 0 Å². The molecule has 0 unspecified atom stereocenters. The number of hydrogen-bond donors (Lipinski definition) is 0. The molecule has 2 heterocycles. The number of likely N-dealkylation sites (tertiary alicyclic amines) is 1. The standard InChI is InChI=1S/C20H28N2O6S/c1-15-6-7-17(14-18(15)29(25,26)22-10-12-27-13-11-22)20(24)28-16(2)19(23)21-8-4-3-5-9-21/h6-7,14,16H,3-5,8-13H2,1-2H3/t16-/m0/s1.